The molecule has 0 saturated carbocycles. The maximum atomic E-state index is 10.9. The highest BCUT2D eigenvalue weighted by molar-refractivity contribution is 5.90. The summed E-state index contributed by atoms with van der Waals surface area (Å²) in [6.07, 6.45) is 0. The van der Waals surface area contributed by atoms with Crippen molar-refractivity contribution in [2.75, 3.05) is 5.73 Å². The quantitative estimate of drug-likeness (QED) is 0.752. The normalized spacial score (nSPS) is 10.6. The van der Waals surface area contributed by atoms with E-state index in [4.69, 9.17) is 10.8 Å². The Kier molecular flexibility index (Phi) is 2.74. The van der Waals surface area contributed by atoms with Crippen molar-refractivity contribution in [2.45, 2.75) is 26.7 Å². The van der Waals surface area contributed by atoms with E-state index >= 15 is 0 Å². The minimum Gasteiger partial charge on any atom is -0.478 e. The van der Waals surface area contributed by atoms with Crippen molar-refractivity contribution in [2.24, 2.45) is 0 Å². The first-order valence-electron chi connectivity index (χ1n) is 4.43. The number of aromatic carboxylic acids is 1. The highest BCUT2D eigenvalue weighted by Gasteiger charge is 2.13. The fourth-order valence-corrected chi connectivity index (χ4v) is 1.17. The largest absolute Gasteiger partial charge is 0.478 e. The van der Waals surface area contributed by atoms with E-state index in [1.807, 2.05) is 13.8 Å². The number of aromatic nitrogens is 1. The fraction of sp³-hybridized carbons (Fsp3) is 0.400. The van der Waals surface area contributed by atoms with E-state index in [2.05, 4.69) is 4.98 Å². The second-order valence-electron chi connectivity index (χ2n) is 3.56. The average Bonchev–Trinajstić information content (AvgIpc) is 2.08. The first kappa shape index (κ1) is 10.5. The molecule has 1 rings (SSSR count). The van der Waals surface area contributed by atoms with E-state index in [0.717, 1.165) is 0 Å². The van der Waals surface area contributed by atoms with Gasteiger partial charge in [-0.05, 0) is 18.9 Å². The molecular formula is C10H14N2O2. The molecule has 14 heavy (non-hydrogen) atoms. The van der Waals surface area contributed by atoms with Crippen molar-refractivity contribution < 1.29 is 9.90 Å². The van der Waals surface area contributed by atoms with Crippen molar-refractivity contribution in [3.05, 3.63) is 22.9 Å². The molecule has 1 heterocycles. The topological polar surface area (TPSA) is 76.2 Å². The second-order valence-corrected chi connectivity index (χ2v) is 3.56. The van der Waals surface area contributed by atoms with Crippen LogP contribution in [0.15, 0.2) is 6.07 Å². The van der Waals surface area contributed by atoms with E-state index in [0.29, 0.717) is 17.1 Å². The summed E-state index contributed by atoms with van der Waals surface area (Å²) < 4.78 is 0. The van der Waals surface area contributed by atoms with Crippen LogP contribution in [0.3, 0.4) is 0 Å². The Bertz CT molecular complexity index is 373. The molecular weight excluding hydrogens is 180 g/mol. The van der Waals surface area contributed by atoms with Gasteiger partial charge in [0.25, 0.3) is 0 Å². The van der Waals surface area contributed by atoms with E-state index < -0.39 is 5.97 Å². The summed E-state index contributed by atoms with van der Waals surface area (Å²) in [6, 6.07) is 1.58. The zero-order valence-corrected chi connectivity index (χ0v) is 8.53. The van der Waals surface area contributed by atoms with Gasteiger partial charge in [0.05, 0.1) is 5.56 Å². The van der Waals surface area contributed by atoms with Gasteiger partial charge < -0.3 is 10.8 Å². The van der Waals surface area contributed by atoms with Crippen LogP contribution in [-0.4, -0.2) is 16.1 Å². The third-order valence-electron chi connectivity index (χ3n) is 2.15. The van der Waals surface area contributed by atoms with Crippen LogP contribution in [0.4, 0.5) is 5.82 Å². The van der Waals surface area contributed by atoms with Gasteiger partial charge in [0, 0.05) is 11.3 Å². The van der Waals surface area contributed by atoms with Gasteiger partial charge in [-0.1, -0.05) is 13.8 Å². The predicted molar refractivity (Wildman–Crippen MR) is 54.4 cm³/mol. The number of rotatable bonds is 2. The summed E-state index contributed by atoms with van der Waals surface area (Å²) in [7, 11) is 0. The number of hydrogen-bond acceptors (Lipinski definition) is 3. The molecule has 0 aliphatic heterocycles. The molecule has 4 heteroatoms. The Morgan fingerprint density at radius 2 is 2.14 bits per heavy atom. The van der Waals surface area contributed by atoms with Crippen molar-refractivity contribution in [3.8, 4) is 0 Å². The minimum atomic E-state index is -0.960. The molecule has 0 unspecified atom stereocenters. The van der Waals surface area contributed by atoms with Crippen LogP contribution in [0.1, 0.15) is 41.4 Å². The number of pyridine rings is 1. The molecule has 4 nitrogen and oxygen atoms in total. The zero-order valence-electron chi connectivity index (χ0n) is 8.53. The number of carboxylic acids is 1. The molecule has 0 spiro atoms. The van der Waals surface area contributed by atoms with Crippen LogP contribution in [0.5, 0.6) is 0 Å². The maximum absolute atomic E-state index is 10.9. The first-order chi connectivity index (χ1) is 6.43. The molecule has 0 amide bonds. The molecule has 0 aliphatic carbocycles. The molecule has 0 saturated heterocycles. The van der Waals surface area contributed by atoms with Gasteiger partial charge in [-0.25, -0.2) is 9.78 Å². The lowest BCUT2D eigenvalue weighted by Gasteiger charge is -2.09. The van der Waals surface area contributed by atoms with Gasteiger partial charge in [-0.15, -0.1) is 0 Å². The highest BCUT2D eigenvalue weighted by Crippen LogP contribution is 2.20. The number of nitrogens with two attached hydrogens (primary N) is 1. The van der Waals surface area contributed by atoms with Gasteiger partial charge in [-0.2, -0.15) is 0 Å². The minimum absolute atomic E-state index is 0.177. The van der Waals surface area contributed by atoms with Gasteiger partial charge in [0.1, 0.15) is 5.82 Å². The summed E-state index contributed by atoms with van der Waals surface area (Å²) in [5.41, 5.74) is 7.10. The van der Waals surface area contributed by atoms with Crippen LogP contribution in [-0.2, 0) is 0 Å². The van der Waals surface area contributed by atoms with E-state index in [1.54, 1.807) is 13.0 Å². The number of nitrogens with zero attached hydrogens (tertiary/aromatic N) is 1. The summed E-state index contributed by atoms with van der Waals surface area (Å²) >= 11 is 0. The van der Waals surface area contributed by atoms with Crippen molar-refractivity contribution >= 4 is 11.8 Å². The van der Waals surface area contributed by atoms with Gasteiger partial charge in [0.2, 0.25) is 0 Å². The van der Waals surface area contributed by atoms with E-state index in [-0.39, 0.29) is 11.5 Å². The Labute approximate surface area is 82.8 Å². The fourth-order valence-electron chi connectivity index (χ4n) is 1.17. The lowest BCUT2D eigenvalue weighted by atomic mass is 10.0. The number of hydrogen-bond donors (Lipinski definition) is 2. The Morgan fingerprint density at radius 1 is 1.57 bits per heavy atom. The molecule has 76 valence electrons. The average molecular weight is 194 g/mol. The molecule has 1 aromatic rings. The zero-order chi connectivity index (χ0) is 10.9. The Balaban J connectivity index is 3.35. The van der Waals surface area contributed by atoms with Crippen LogP contribution >= 0.6 is 0 Å². The third-order valence-corrected chi connectivity index (χ3v) is 2.15. The van der Waals surface area contributed by atoms with Crippen molar-refractivity contribution in [3.63, 3.8) is 0 Å². The van der Waals surface area contributed by atoms with E-state index in [9.17, 15) is 4.79 Å². The summed E-state index contributed by atoms with van der Waals surface area (Å²) in [4.78, 5) is 15.0. The van der Waals surface area contributed by atoms with Crippen LogP contribution in [0.2, 0.25) is 0 Å². The number of anilines is 1. The van der Waals surface area contributed by atoms with Crippen LogP contribution in [0, 0.1) is 6.92 Å². The maximum Gasteiger partial charge on any atom is 0.336 e. The lowest BCUT2D eigenvalue weighted by Crippen LogP contribution is -2.08. The van der Waals surface area contributed by atoms with E-state index in [1.165, 1.54) is 0 Å². The predicted octanol–water partition coefficient (Wildman–Crippen LogP) is 1.79. The monoisotopic (exact) mass is 194 g/mol. The molecule has 3 N–H and O–H groups in total. The molecule has 0 atom stereocenters. The van der Waals surface area contributed by atoms with Gasteiger partial charge in [0.15, 0.2) is 0 Å². The third kappa shape index (κ3) is 1.84. The Hall–Kier alpha value is -1.58. The second kappa shape index (κ2) is 3.65. The molecule has 0 bridgehead atoms. The van der Waals surface area contributed by atoms with Gasteiger partial charge in [-0.3, -0.25) is 0 Å². The number of nitrogen functional groups attached to an aromatic ring is 1. The van der Waals surface area contributed by atoms with Gasteiger partial charge >= 0.3 is 5.97 Å². The summed E-state index contributed by atoms with van der Waals surface area (Å²) in [5, 5.41) is 8.91. The van der Waals surface area contributed by atoms with Crippen molar-refractivity contribution in [1.82, 2.24) is 4.98 Å². The highest BCUT2D eigenvalue weighted by atomic mass is 16.4. The number of carbonyl (C=O) groups is 1. The molecule has 1 aromatic heterocycles. The molecule has 0 radical (unpaired) electrons. The van der Waals surface area contributed by atoms with Crippen LogP contribution in [0.25, 0.3) is 0 Å². The number of carboxylic acid groups (broad SMARTS) is 1. The SMILES string of the molecule is Cc1c(C(=O)O)cc(C(C)C)nc1N. The van der Waals surface area contributed by atoms with Crippen LogP contribution < -0.4 is 5.73 Å². The van der Waals surface area contributed by atoms with Crippen molar-refractivity contribution in [1.29, 1.82) is 0 Å². The molecule has 0 aromatic carbocycles. The molecule has 0 fully saturated rings. The Morgan fingerprint density at radius 3 is 2.57 bits per heavy atom. The summed E-state index contributed by atoms with van der Waals surface area (Å²) in [5.74, 6) is -0.483. The smallest absolute Gasteiger partial charge is 0.336 e. The first-order valence-corrected chi connectivity index (χ1v) is 4.43. The molecule has 0 aliphatic rings. The summed E-state index contributed by atoms with van der Waals surface area (Å²) in [6.45, 7) is 5.56. The standard InChI is InChI=1S/C10H14N2O2/c1-5(2)8-4-7(10(13)14)6(3)9(11)12-8/h4-5H,1-3H3,(H2,11,12)(H,13,14). The lowest BCUT2D eigenvalue weighted by molar-refractivity contribution is 0.0696.